The Kier molecular flexibility index (Phi) is 5.02. The number of amides is 2. The van der Waals surface area contributed by atoms with Crippen LogP contribution in [0.15, 0.2) is 27.6 Å². The number of rotatable bonds is 5. The summed E-state index contributed by atoms with van der Waals surface area (Å²) in [5, 5.41) is -0.408. The molecule has 1 saturated heterocycles. The SMILES string of the molecule is O=C1CSC(=O)N1CCNS(=O)(=O)c1ccc(Br)cc1F. The molecule has 0 bridgehead atoms. The third-order valence-electron chi connectivity index (χ3n) is 2.65. The Labute approximate surface area is 133 Å². The zero-order valence-electron chi connectivity index (χ0n) is 10.5. The van der Waals surface area contributed by atoms with Crippen molar-refractivity contribution in [3.05, 3.63) is 28.5 Å². The van der Waals surface area contributed by atoms with Crippen LogP contribution in [0, 0.1) is 5.82 Å². The highest BCUT2D eigenvalue weighted by atomic mass is 79.9. The molecule has 0 spiro atoms. The summed E-state index contributed by atoms with van der Waals surface area (Å²) in [4.78, 5) is 23.1. The third-order valence-corrected chi connectivity index (χ3v) is 5.50. The van der Waals surface area contributed by atoms with Gasteiger partial charge in [-0.25, -0.2) is 17.5 Å². The molecule has 114 valence electrons. The van der Waals surface area contributed by atoms with E-state index in [0.29, 0.717) is 4.47 Å². The lowest BCUT2D eigenvalue weighted by atomic mass is 10.3. The molecule has 1 aliphatic heterocycles. The number of halogens is 2. The second-order valence-corrected chi connectivity index (χ2v) is 7.65. The van der Waals surface area contributed by atoms with E-state index in [9.17, 15) is 22.4 Å². The van der Waals surface area contributed by atoms with Gasteiger partial charge in [0.1, 0.15) is 10.7 Å². The fraction of sp³-hybridized carbons (Fsp3) is 0.273. The van der Waals surface area contributed by atoms with Gasteiger partial charge in [-0.3, -0.25) is 14.5 Å². The van der Waals surface area contributed by atoms with Crippen molar-refractivity contribution in [1.82, 2.24) is 9.62 Å². The first-order chi connectivity index (χ1) is 9.81. The molecular weight excluding hydrogens is 387 g/mol. The molecule has 0 unspecified atom stereocenters. The first-order valence-electron chi connectivity index (χ1n) is 5.73. The number of sulfonamides is 1. The van der Waals surface area contributed by atoms with Crippen LogP contribution >= 0.6 is 27.7 Å². The van der Waals surface area contributed by atoms with Crippen molar-refractivity contribution in [2.24, 2.45) is 0 Å². The normalized spacial score (nSPS) is 15.8. The van der Waals surface area contributed by atoms with Crippen molar-refractivity contribution in [2.75, 3.05) is 18.8 Å². The van der Waals surface area contributed by atoms with Gasteiger partial charge in [-0.15, -0.1) is 0 Å². The van der Waals surface area contributed by atoms with Crippen LogP contribution in [0.1, 0.15) is 0 Å². The molecule has 1 aromatic rings. The van der Waals surface area contributed by atoms with Crippen molar-refractivity contribution >= 4 is 48.9 Å². The molecule has 1 aromatic carbocycles. The molecule has 0 aliphatic carbocycles. The third kappa shape index (κ3) is 3.82. The summed E-state index contributed by atoms with van der Waals surface area (Å²) in [5.41, 5.74) is 0. The highest BCUT2D eigenvalue weighted by Gasteiger charge is 2.29. The topological polar surface area (TPSA) is 83.6 Å². The fourth-order valence-corrected chi connectivity index (χ4v) is 3.82. The van der Waals surface area contributed by atoms with Crippen molar-refractivity contribution in [3.63, 3.8) is 0 Å². The van der Waals surface area contributed by atoms with E-state index in [-0.39, 0.29) is 24.7 Å². The highest BCUT2D eigenvalue weighted by Crippen LogP contribution is 2.20. The molecule has 2 rings (SSSR count). The molecule has 10 heteroatoms. The number of nitrogens with one attached hydrogen (secondary N) is 1. The number of thioether (sulfide) groups is 1. The minimum atomic E-state index is -4.04. The van der Waals surface area contributed by atoms with Gasteiger partial charge in [0, 0.05) is 17.6 Å². The zero-order chi connectivity index (χ0) is 15.6. The van der Waals surface area contributed by atoms with E-state index >= 15 is 0 Å². The van der Waals surface area contributed by atoms with Crippen molar-refractivity contribution < 1.29 is 22.4 Å². The van der Waals surface area contributed by atoms with Gasteiger partial charge in [-0.05, 0) is 18.2 Å². The first kappa shape index (κ1) is 16.4. The second-order valence-electron chi connectivity index (χ2n) is 4.07. The van der Waals surface area contributed by atoms with Crippen LogP contribution in [0.2, 0.25) is 0 Å². The number of hydrogen-bond acceptors (Lipinski definition) is 5. The molecule has 1 aliphatic rings. The highest BCUT2D eigenvalue weighted by molar-refractivity contribution is 9.10. The number of nitrogens with zero attached hydrogens (tertiary/aromatic N) is 1. The lowest BCUT2D eigenvalue weighted by molar-refractivity contribution is -0.124. The van der Waals surface area contributed by atoms with Crippen LogP contribution in [-0.2, 0) is 14.8 Å². The summed E-state index contributed by atoms with van der Waals surface area (Å²) >= 11 is 3.90. The quantitative estimate of drug-likeness (QED) is 0.816. The summed E-state index contributed by atoms with van der Waals surface area (Å²) in [6, 6.07) is 3.57. The zero-order valence-corrected chi connectivity index (χ0v) is 13.7. The predicted molar refractivity (Wildman–Crippen MR) is 78.9 cm³/mol. The predicted octanol–water partition coefficient (Wildman–Crippen LogP) is 1.56. The van der Waals surface area contributed by atoms with Crippen molar-refractivity contribution in [3.8, 4) is 0 Å². The number of carbonyl (C=O) groups is 2. The van der Waals surface area contributed by atoms with E-state index in [1.165, 1.54) is 6.07 Å². The van der Waals surface area contributed by atoms with Gasteiger partial charge < -0.3 is 0 Å². The van der Waals surface area contributed by atoms with Crippen LogP contribution in [-0.4, -0.2) is 43.3 Å². The number of benzene rings is 1. The Morgan fingerprint density at radius 2 is 2.10 bits per heavy atom. The molecule has 6 nitrogen and oxygen atoms in total. The lowest BCUT2D eigenvalue weighted by Crippen LogP contribution is -2.37. The van der Waals surface area contributed by atoms with E-state index in [1.54, 1.807) is 0 Å². The van der Waals surface area contributed by atoms with Crippen molar-refractivity contribution in [2.45, 2.75) is 4.90 Å². The molecule has 0 radical (unpaired) electrons. The van der Waals surface area contributed by atoms with Crippen LogP contribution in [0.4, 0.5) is 9.18 Å². The Morgan fingerprint density at radius 3 is 2.67 bits per heavy atom. The average molecular weight is 397 g/mol. The average Bonchev–Trinajstić information content (AvgIpc) is 2.69. The second kappa shape index (κ2) is 6.42. The van der Waals surface area contributed by atoms with E-state index in [4.69, 9.17) is 0 Å². The number of imide groups is 1. The maximum absolute atomic E-state index is 13.6. The molecule has 1 N–H and O–H groups in total. The molecule has 0 atom stereocenters. The van der Waals surface area contributed by atoms with E-state index in [0.717, 1.165) is 28.8 Å². The van der Waals surface area contributed by atoms with Crippen LogP contribution in [0.25, 0.3) is 0 Å². The number of carbonyl (C=O) groups excluding carboxylic acids is 2. The maximum atomic E-state index is 13.6. The maximum Gasteiger partial charge on any atom is 0.288 e. The van der Waals surface area contributed by atoms with Gasteiger partial charge >= 0.3 is 0 Å². The van der Waals surface area contributed by atoms with Gasteiger partial charge in [0.05, 0.1) is 5.75 Å². The van der Waals surface area contributed by atoms with Crippen molar-refractivity contribution in [1.29, 1.82) is 0 Å². The lowest BCUT2D eigenvalue weighted by Gasteiger charge is -2.13. The summed E-state index contributed by atoms with van der Waals surface area (Å²) in [6.45, 7) is -0.252. The first-order valence-corrected chi connectivity index (χ1v) is 8.99. The van der Waals surface area contributed by atoms with Gasteiger partial charge in [0.15, 0.2) is 0 Å². The van der Waals surface area contributed by atoms with Gasteiger partial charge in [0.2, 0.25) is 15.9 Å². The van der Waals surface area contributed by atoms with E-state index in [2.05, 4.69) is 20.7 Å². The Hall–Kier alpha value is -0.970. The molecule has 1 fully saturated rings. The smallest absolute Gasteiger partial charge is 0.273 e. The molecule has 0 aromatic heterocycles. The molecular formula is C11H10BrFN2O4S2. The van der Waals surface area contributed by atoms with Gasteiger partial charge in [0.25, 0.3) is 5.24 Å². The van der Waals surface area contributed by atoms with Crippen LogP contribution in [0.3, 0.4) is 0 Å². The Bertz CT molecular complexity index is 679. The monoisotopic (exact) mass is 396 g/mol. The summed E-state index contributed by atoms with van der Waals surface area (Å²) in [7, 11) is -4.04. The minimum Gasteiger partial charge on any atom is -0.273 e. The van der Waals surface area contributed by atoms with Crippen LogP contribution < -0.4 is 4.72 Å². The Morgan fingerprint density at radius 1 is 1.38 bits per heavy atom. The molecule has 0 saturated carbocycles. The Balaban J connectivity index is 2.02. The summed E-state index contributed by atoms with van der Waals surface area (Å²) in [6.07, 6.45) is 0. The molecule has 2 amide bonds. The standard InChI is InChI=1S/C11H10BrFN2O4S2/c12-7-1-2-9(8(13)5-7)21(18,19)14-3-4-15-10(16)6-20-11(15)17/h1-2,5,14H,3-4,6H2. The molecule has 1 heterocycles. The minimum absolute atomic E-state index is 0.0624. The van der Waals surface area contributed by atoms with Gasteiger partial charge in [-0.1, -0.05) is 27.7 Å². The largest absolute Gasteiger partial charge is 0.288 e. The van der Waals surface area contributed by atoms with E-state index in [1.807, 2.05) is 0 Å². The number of hydrogen-bond donors (Lipinski definition) is 1. The van der Waals surface area contributed by atoms with Gasteiger partial charge in [-0.2, -0.15) is 0 Å². The summed E-state index contributed by atoms with van der Waals surface area (Å²) in [5.74, 6) is -1.19. The van der Waals surface area contributed by atoms with E-state index < -0.39 is 26.0 Å². The summed E-state index contributed by atoms with van der Waals surface area (Å²) < 4.78 is 40.1. The fourth-order valence-electron chi connectivity index (χ4n) is 1.66. The van der Waals surface area contributed by atoms with Crippen LogP contribution in [0.5, 0.6) is 0 Å². The molecule has 21 heavy (non-hydrogen) atoms.